The predicted octanol–water partition coefficient (Wildman–Crippen LogP) is 2.83. The van der Waals surface area contributed by atoms with Gasteiger partial charge in [0.1, 0.15) is 0 Å². The van der Waals surface area contributed by atoms with E-state index in [0.29, 0.717) is 6.42 Å². The van der Waals surface area contributed by atoms with E-state index in [1.807, 2.05) is 36.6 Å². The maximum absolute atomic E-state index is 12.3. The van der Waals surface area contributed by atoms with Crippen molar-refractivity contribution in [3.05, 3.63) is 46.5 Å². The third-order valence-corrected chi connectivity index (χ3v) is 4.19. The molecule has 0 amide bonds. The Balaban J connectivity index is 1.76. The van der Waals surface area contributed by atoms with Crippen molar-refractivity contribution in [1.29, 1.82) is 0 Å². The molecule has 0 saturated heterocycles. The van der Waals surface area contributed by atoms with E-state index in [1.54, 1.807) is 11.8 Å². The maximum atomic E-state index is 12.3. The van der Waals surface area contributed by atoms with Gasteiger partial charge in [-0.3, -0.25) is 9.79 Å². The lowest BCUT2D eigenvalue weighted by atomic mass is 10.0. The van der Waals surface area contributed by atoms with Gasteiger partial charge >= 0.3 is 0 Å². The molecule has 0 fully saturated rings. The van der Waals surface area contributed by atoms with E-state index in [-0.39, 0.29) is 5.78 Å². The lowest BCUT2D eigenvalue weighted by Gasteiger charge is -2.16. The first kappa shape index (κ1) is 11.5. The molecule has 0 unspecified atom stereocenters. The van der Waals surface area contributed by atoms with Crippen LogP contribution in [0.25, 0.3) is 0 Å². The molecular formula is C14H14N2OS. The Morgan fingerprint density at radius 2 is 2.28 bits per heavy atom. The molecule has 1 aromatic rings. The van der Waals surface area contributed by atoms with Crippen LogP contribution in [0.5, 0.6) is 0 Å². The minimum atomic E-state index is 0.188. The highest BCUT2D eigenvalue weighted by molar-refractivity contribution is 8.16. The van der Waals surface area contributed by atoms with E-state index in [9.17, 15) is 4.79 Å². The maximum Gasteiger partial charge on any atom is 0.169 e. The standard InChI is InChI=1S/C14H14N2OS/c1-10-4-2-3-5-12(10)13(17)8-11-9-18-14-15-6-7-16(11)14/h2-5,9H,6-8H2,1H3. The second-order valence-electron chi connectivity index (χ2n) is 4.46. The van der Waals surface area contributed by atoms with Crippen molar-refractivity contribution in [3.8, 4) is 0 Å². The van der Waals surface area contributed by atoms with Crippen LogP contribution in [-0.4, -0.2) is 28.9 Å². The largest absolute Gasteiger partial charge is 0.322 e. The Morgan fingerprint density at radius 3 is 3.11 bits per heavy atom. The first-order chi connectivity index (χ1) is 8.75. The van der Waals surface area contributed by atoms with Gasteiger partial charge in [0, 0.05) is 17.8 Å². The number of aryl methyl sites for hydroxylation is 1. The zero-order valence-corrected chi connectivity index (χ0v) is 11.0. The number of amidine groups is 1. The number of ketones is 1. The SMILES string of the molecule is Cc1ccccc1C(=O)CC1=CSC2=NCCN12. The monoisotopic (exact) mass is 258 g/mol. The van der Waals surface area contributed by atoms with Gasteiger partial charge in [-0.05, 0) is 17.9 Å². The van der Waals surface area contributed by atoms with Crippen molar-refractivity contribution in [1.82, 2.24) is 4.90 Å². The van der Waals surface area contributed by atoms with Crippen LogP contribution < -0.4 is 0 Å². The van der Waals surface area contributed by atoms with Gasteiger partial charge in [0.15, 0.2) is 11.0 Å². The highest BCUT2D eigenvalue weighted by Gasteiger charge is 2.27. The minimum Gasteiger partial charge on any atom is -0.322 e. The van der Waals surface area contributed by atoms with Gasteiger partial charge in [-0.25, -0.2) is 0 Å². The molecule has 0 saturated carbocycles. The summed E-state index contributed by atoms with van der Waals surface area (Å²) >= 11 is 1.62. The molecule has 0 spiro atoms. The van der Waals surface area contributed by atoms with Crippen LogP contribution in [0, 0.1) is 6.92 Å². The number of hydrogen-bond acceptors (Lipinski definition) is 4. The number of allylic oxidation sites excluding steroid dienone is 1. The van der Waals surface area contributed by atoms with Crippen molar-refractivity contribution in [2.24, 2.45) is 4.99 Å². The van der Waals surface area contributed by atoms with E-state index in [4.69, 9.17) is 0 Å². The molecule has 0 aliphatic carbocycles. The van der Waals surface area contributed by atoms with Crippen LogP contribution in [0.15, 0.2) is 40.4 Å². The van der Waals surface area contributed by atoms with Crippen LogP contribution in [-0.2, 0) is 0 Å². The van der Waals surface area contributed by atoms with E-state index in [2.05, 4.69) is 9.89 Å². The summed E-state index contributed by atoms with van der Waals surface area (Å²) in [4.78, 5) is 18.8. The number of carbonyl (C=O) groups is 1. The fourth-order valence-corrected chi connectivity index (χ4v) is 3.21. The van der Waals surface area contributed by atoms with Crippen molar-refractivity contribution in [2.75, 3.05) is 13.1 Å². The van der Waals surface area contributed by atoms with Gasteiger partial charge in [-0.1, -0.05) is 36.0 Å². The summed E-state index contributed by atoms with van der Waals surface area (Å²) in [7, 11) is 0. The van der Waals surface area contributed by atoms with Crippen molar-refractivity contribution in [3.63, 3.8) is 0 Å². The molecule has 2 aliphatic heterocycles. The number of thioether (sulfide) groups is 1. The fourth-order valence-electron chi connectivity index (χ4n) is 2.26. The van der Waals surface area contributed by atoms with Crippen LogP contribution in [0.3, 0.4) is 0 Å². The second-order valence-corrected chi connectivity index (χ2v) is 5.29. The molecule has 0 radical (unpaired) electrons. The van der Waals surface area contributed by atoms with E-state index in [0.717, 1.165) is 35.1 Å². The molecule has 2 heterocycles. The Kier molecular flexibility index (Phi) is 2.96. The molecular weight excluding hydrogens is 244 g/mol. The summed E-state index contributed by atoms with van der Waals surface area (Å²) in [6.07, 6.45) is 0.469. The lowest BCUT2D eigenvalue weighted by molar-refractivity contribution is 0.0987. The highest BCUT2D eigenvalue weighted by atomic mass is 32.2. The highest BCUT2D eigenvalue weighted by Crippen LogP contribution is 2.31. The quantitative estimate of drug-likeness (QED) is 0.782. The van der Waals surface area contributed by atoms with Crippen LogP contribution >= 0.6 is 11.8 Å². The molecule has 92 valence electrons. The number of hydrogen-bond donors (Lipinski definition) is 0. The first-order valence-electron chi connectivity index (χ1n) is 6.02. The zero-order valence-electron chi connectivity index (χ0n) is 10.2. The summed E-state index contributed by atoms with van der Waals surface area (Å²) in [6, 6.07) is 7.76. The number of aliphatic imine (C=N–C) groups is 1. The van der Waals surface area contributed by atoms with Gasteiger partial charge in [-0.2, -0.15) is 0 Å². The molecule has 3 rings (SSSR count). The average Bonchev–Trinajstić information content (AvgIpc) is 2.94. The lowest BCUT2D eigenvalue weighted by Crippen LogP contribution is -2.22. The molecule has 1 aromatic carbocycles. The van der Waals surface area contributed by atoms with Gasteiger partial charge in [0.25, 0.3) is 0 Å². The number of Topliss-reactive ketones (excluding diaryl/α,β-unsaturated/α-hetero) is 1. The predicted molar refractivity (Wildman–Crippen MR) is 74.8 cm³/mol. The van der Waals surface area contributed by atoms with Crippen LogP contribution in [0.2, 0.25) is 0 Å². The number of carbonyl (C=O) groups excluding carboxylic acids is 1. The molecule has 18 heavy (non-hydrogen) atoms. The molecule has 2 aliphatic rings. The average molecular weight is 258 g/mol. The minimum absolute atomic E-state index is 0.188. The number of rotatable bonds is 3. The smallest absolute Gasteiger partial charge is 0.169 e. The van der Waals surface area contributed by atoms with E-state index >= 15 is 0 Å². The van der Waals surface area contributed by atoms with Crippen molar-refractivity contribution >= 4 is 22.7 Å². The van der Waals surface area contributed by atoms with E-state index in [1.165, 1.54) is 0 Å². The molecule has 4 heteroatoms. The molecule has 0 N–H and O–H groups in total. The number of benzene rings is 1. The van der Waals surface area contributed by atoms with Crippen molar-refractivity contribution in [2.45, 2.75) is 13.3 Å². The topological polar surface area (TPSA) is 32.7 Å². The normalized spacial score (nSPS) is 17.5. The number of nitrogens with zero attached hydrogens (tertiary/aromatic N) is 2. The molecule has 0 atom stereocenters. The zero-order chi connectivity index (χ0) is 12.5. The van der Waals surface area contributed by atoms with Gasteiger partial charge in [0.2, 0.25) is 0 Å². The summed E-state index contributed by atoms with van der Waals surface area (Å²) in [5.74, 6) is 0.188. The van der Waals surface area contributed by atoms with Gasteiger partial charge in [-0.15, -0.1) is 0 Å². The Bertz CT molecular complexity index is 563. The fraction of sp³-hybridized carbons (Fsp3) is 0.286. The van der Waals surface area contributed by atoms with Crippen LogP contribution in [0.1, 0.15) is 22.3 Å². The molecule has 3 nitrogen and oxygen atoms in total. The summed E-state index contributed by atoms with van der Waals surface area (Å²) in [5, 5.41) is 3.09. The Hall–Kier alpha value is -1.55. The molecule has 0 aromatic heterocycles. The summed E-state index contributed by atoms with van der Waals surface area (Å²) in [5.41, 5.74) is 2.96. The number of fused-ring (bicyclic) bond motifs is 1. The summed E-state index contributed by atoms with van der Waals surface area (Å²) < 4.78 is 0. The van der Waals surface area contributed by atoms with Crippen LogP contribution in [0.4, 0.5) is 0 Å². The van der Waals surface area contributed by atoms with Gasteiger partial charge < -0.3 is 4.90 Å². The summed E-state index contributed by atoms with van der Waals surface area (Å²) in [6.45, 7) is 3.74. The third-order valence-electron chi connectivity index (χ3n) is 3.24. The second kappa shape index (κ2) is 4.61. The van der Waals surface area contributed by atoms with Crippen molar-refractivity contribution < 1.29 is 4.79 Å². The third kappa shape index (κ3) is 1.97. The Morgan fingerprint density at radius 1 is 1.44 bits per heavy atom. The molecule has 0 bridgehead atoms. The van der Waals surface area contributed by atoms with E-state index < -0.39 is 0 Å². The first-order valence-corrected chi connectivity index (χ1v) is 6.90. The van der Waals surface area contributed by atoms with Gasteiger partial charge in [0.05, 0.1) is 13.0 Å². The Labute approximate surface area is 111 Å².